The van der Waals surface area contributed by atoms with Crippen molar-refractivity contribution in [3.05, 3.63) is 34.2 Å². The van der Waals surface area contributed by atoms with E-state index in [2.05, 4.69) is 10.3 Å². The summed E-state index contributed by atoms with van der Waals surface area (Å²) in [6.07, 6.45) is 2.39. The molecule has 0 saturated carbocycles. The smallest absolute Gasteiger partial charge is 0.252 e. The lowest BCUT2D eigenvalue weighted by Gasteiger charge is -2.12. The lowest BCUT2D eigenvalue weighted by molar-refractivity contribution is 0.0943. The zero-order valence-electron chi connectivity index (χ0n) is 9.56. The molecule has 94 valence electrons. The van der Waals surface area contributed by atoms with Gasteiger partial charge >= 0.3 is 0 Å². The van der Waals surface area contributed by atoms with Gasteiger partial charge in [-0.05, 0) is 13.0 Å². The van der Waals surface area contributed by atoms with E-state index >= 15 is 0 Å². The normalized spacial score (nSPS) is 13.1. The van der Waals surface area contributed by atoms with Gasteiger partial charge in [0.05, 0.1) is 11.3 Å². The highest BCUT2D eigenvalue weighted by molar-refractivity contribution is 7.90. The predicted molar refractivity (Wildman–Crippen MR) is 63.7 cm³/mol. The summed E-state index contributed by atoms with van der Waals surface area (Å²) < 4.78 is 22.0. The van der Waals surface area contributed by atoms with Gasteiger partial charge in [-0.3, -0.25) is 9.59 Å². The molecule has 1 aromatic heterocycles. The van der Waals surface area contributed by atoms with E-state index in [-0.39, 0.29) is 16.9 Å². The molecule has 1 amide bonds. The van der Waals surface area contributed by atoms with Crippen molar-refractivity contribution in [1.82, 2.24) is 10.3 Å². The summed E-state index contributed by atoms with van der Waals surface area (Å²) >= 11 is 0. The van der Waals surface area contributed by atoms with E-state index in [4.69, 9.17) is 0 Å². The van der Waals surface area contributed by atoms with Crippen LogP contribution >= 0.6 is 0 Å². The van der Waals surface area contributed by atoms with E-state index < -0.39 is 21.8 Å². The minimum atomic E-state index is -3.13. The molecule has 1 atom stereocenters. The number of sulfone groups is 1. The molecule has 0 saturated heterocycles. The van der Waals surface area contributed by atoms with Crippen molar-refractivity contribution in [2.75, 3.05) is 12.0 Å². The van der Waals surface area contributed by atoms with Crippen LogP contribution < -0.4 is 10.9 Å². The number of rotatable bonds is 4. The Morgan fingerprint density at radius 2 is 2.12 bits per heavy atom. The maximum Gasteiger partial charge on any atom is 0.252 e. The number of aromatic nitrogens is 1. The quantitative estimate of drug-likeness (QED) is 0.763. The van der Waals surface area contributed by atoms with Gasteiger partial charge in [-0.2, -0.15) is 0 Å². The molecule has 0 aliphatic rings. The second-order valence-electron chi connectivity index (χ2n) is 3.91. The molecule has 0 aliphatic heterocycles. The Labute approximate surface area is 99.0 Å². The average molecular weight is 258 g/mol. The van der Waals surface area contributed by atoms with Crippen molar-refractivity contribution >= 4 is 15.7 Å². The van der Waals surface area contributed by atoms with Gasteiger partial charge in [0.15, 0.2) is 0 Å². The fourth-order valence-electron chi connectivity index (χ4n) is 1.35. The van der Waals surface area contributed by atoms with E-state index in [1.54, 1.807) is 6.92 Å². The SMILES string of the molecule is CC(CS(C)(=O)=O)NC(=O)c1ccc(=O)[nH]c1. The van der Waals surface area contributed by atoms with Crippen LogP contribution in [-0.2, 0) is 9.84 Å². The molecule has 17 heavy (non-hydrogen) atoms. The maximum atomic E-state index is 11.6. The fraction of sp³-hybridized carbons (Fsp3) is 0.400. The number of pyridine rings is 1. The Bertz CT molecular complexity index is 541. The van der Waals surface area contributed by atoms with Crippen molar-refractivity contribution < 1.29 is 13.2 Å². The van der Waals surface area contributed by atoms with E-state index in [1.165, 1.54) is 18.3 Å². The number of carbonyl (C=O) groups is 1. The highest BCUT2D eigenvalue weighted by Crippen LogP contribution is 1.96. The number of carbonyl (C=O) groups excluding carboxylic acids is 1. The van der Waals surface area contributed by atoms with Gasteiger partial charge in [-0.25, -0.2) is 8.42 Å². The molecule has 1 aromatic rings. The highest BCUT2D eigenvalue weighted by Gasteiger charge is 2.14. The first kappa shape index (κ1) is 13.4. The molecule has 0 aromatic carbocycles. The highest BCUT2D eigenvalue weighted by atomic mass is 32.2. The van der Waals surface area contributed by atoms with E-state index in [1.807, 2.05) is 0 Å². The van der Waals surface area contributed by atoms with E-state index in [0.29, 0.717) is 0 Å². The Balaban J connectivity index is 2.67. The summed E-state index contributed by atoms with van der Waals surface area (Å²) in [5.74, 6) is -0.542. The van der Waals surface area contributed by atoms with Gasteiger partial charge in [-0.1, -0.05) is 0 Å². The summed E-state index contributed by atoms with van der Waals surface area (Å²) in [5, 5.41) is 2.53. The number of H-pyrrole nitrogens is 1. The van der Waals surface area contributed by atoms with Gasteiger partial charge in [-0.15, -0.1) is 0 Å². The zero-order chi connectivity index (χ0) is 13.1. The van der Waals surface area contributed by atoms with Gasteiger partial charge in [0.25, 0.3) is 5.91 Å². The topological polar surface area (TPSA) is 96.1 Å². The predicted octanol–water partition coefficient (Wildman–Crippen LogP) is -0.462. The zero-order valence-corrected chi connectivity index (χ0v) is 10.4. The fourth-order valence-corrected chi connectivity index (χ4v) is 2.35. The van der Waals surface area contributed by atoms with Crippen molar-refractivity contribution in [2.45, 2.75) is 13.0 Å². The van der Waals surface area contributed by atoms with Crippen molar-refractivity contribution in [3.8, 4) is 0 Å². The van der Waals surface area contributed by atoms with Crippen LogP contribution in [-0.4, -0.2) is 37.4 Å². The summed E-state index contributed by atoms with van der Waals surface area (Å²) in [7, 11) is -3.13. The Morgan fingerprint density at radius 1 is 1.47 bits per heavy atom. The molecule has 0 spiro atoms. The average Bonchev–Trinajstić information content (AvgIpc) is 2.15. The van der Waals surface area contributed by atoms with Crippen molar-refractivity contribution in [1.29, 1.82) is 0 Å². The first-order valence-electron chi connectivity index (χ1n) is 4.95. The first-order chi connectivity index (χ1) is 7.78. The number of aromatic amines is 1. The third kappa shape index (κ3) is 4.81. The molecule has 0 radical (unpaired) electrons. The van der Waals surface area contributed by atoms with Crippen LogP contribution in [0.2, 0.25) is 0 Å². The first-order valence-corrected chi connectivity index (χ1v) is 7.01. The Hall–Kier alpha value is -1.63. The second-order valence-corrected chi connectivity index (χ2v) is 6.09. The van der Waals surface area contributed by atoms with Crippen LogP contribution in [0.1, 0.15) is 17.3 Å². The summed E-state index contributed by atoms with van der Waals surface area (Å²) in [5.41, 5.74) is -0.0179. The van der Waals surface area contributed by atoms with Crippen molar-refractivity contribution in [2.24, 2.45) is 0 Å². The number of amides is 1. The van der Waals surface area contributed by atoms with Gasteiger partial charge in [0.2, 0.25) is 5.56 Å². The lowest BCUT2D eigenvalue weighted by atomic mass is 10.2. The standard InChI is InChI=1S/C10H14N2O4S/c1-7(6-17(2,15)16)12-10(14)8-3-4-9(13)11-5-8/h3-5,7H,6H2,1-2H3,(H,11,13)(H,12,14). The Kier molecular flexibility index (Phi) is 4.06. The number of hydrogen-bond acceptors (Lipinski definition) is 4. The van der Waals surface area contributed by atoms with Gasteiger partial charge < -0.3 is 10.3 Å². The largest absolute Gasteiger partial charge is 0.349 e. The van der Waals surface area contributed by atoms with Crippen LogP contribution in [0.25, 0.3) is 0 Å². The molecule has 0 bridgehead atoms. The Morgan fingerprint density at radius 3 is 2.59 bits per heavy atom. The molecule has 7 heteroatoms. The van der Waals surface area contributed by atoms with Gasteiger partial charge in [0.1, 0.15) is 9.84 Å². The van der Waals surface area contributed by atoms with Crippen LogP contribution in [0.3, 0.4) is 0 Å². The molecular formula is C10H14N2O4S. The molecule has 2 N–H and O–H groups in total. The molecule has 1 unspecified atom stereocenters. The number of hydrogen-bond donors (Lipinski definition) is 2. The lowest BCUT2D eigenvalue weighted by Crippen LogP contribution is -2.37. The molecule has 1 rings (SSSR count). The minimum Gasteiger partial charge on any atom is -0.349 e. The third-order valence-electron chi connectivity index (χ3n) is 1.98. The number of nitrogens with one attached hydrogen (secondary N) is 2. The van der Waals surface area contributed by atoms with Gasteiger partial charge in [0, 0.05) is 24.6 Å². The van der Waals surface area contributed by atoms with E-state index in [0.717, 1.165) is 6.26 Å². The van der Waals surface area contributed by atoms with Crippen LogP contribution in [0, 0.1) is 0 Å². The minimum absolute atomic E-state index is 0.123. The monoisotopic (exact) mass is 258 g/mol. The second kappa shape index (κ2) is 5.13. The third-order valence-corrected chi connectivity index (χ3v) is 3.08. The summed E-state index contributed by atoms with van der Waals surface area (Å²) in [6, 6.07) is 2.13. The maximum absolute atomic E-state index is 11.6. The molecule has 0 aliphatic carbocycles. The molecule has 6 nitrogen and oxygen atoms in total. The summed E-state index contributed by atoms with van der Waals surface area (Å²) in [6.45, 7) is 1.60. The van der Waals surface area contributed by atoms with Crippen molar-refractivity contribution in [3.63, 3.8) is 0 Å². The molecule has 0 fully saturated rings. The summed E-state index contributed by atoms with van der Waals surface area (Å²) in [4.78, 5) is 24.8. The molecule has 1 heterocycles. The molecular weight excluding hydrogens is 244 g/mol. The van der Waals surface area contributed by atoms with Crippen LogP contribution in [0.15, 0.2) is 23.1 Å². The van der Waals surface area contributed by atoms with Crippen LogP contribution in [0.5, 0.6) is 0 Å². The van der Waals surface area contributed by atoms with E-state index in [9.17, 15) is 18.0 Å². The van der Waals surface area contributed by atoms with Crippen LogP contribution in [0.4, 0.5) is 0 Å².